The van der Waals surface area contributed by atoms with Gasteiger partial charge >= 0.3 is 0 Å². The van der Waals surface area contributed by atoms with Crippen molar-refractivity contribution in [2.45, 2.75) is 25.8 Å². The van der Waals surface area contributed by atoms with Gasteiger partial charge < -0.3 is 15.8 Å². The third kappa shape index (κ3) is 6.04. The molecule has 4 heteroatoms. The van der Waals surface area contributed by atoms with E-state index in [-0.39, 0.29) is 5.91 Å². The summed E-state index contributed by atoms with van der Waals surface area (Å²) in [5.41, 5.74) is 5.84. The zero-order valence-corrected chi connectivity index (χ0v) is 7.88. The van der Waals surface area contributed by atoms with Gasteiger partial charge in [-0.1, -0.05) is 6.58 Å². The van der Waals surface area contributed by atoms with E-state index in [1.807, 2.05) is 0 Å². The number of carbonyl (C=O) groups excluding carboxylic acids is 2. The molecule has 0 aromatic rings. The van der Waals surface area contributed by atoms with Gasteiger partial charge in [-0.2, -0.15) is 0 Å². The molecule has 1 amide bonds. The van der Waals surface area contributed by atoms with Crippen molar-refractivity contribution >= 4 is 12.2 Å². The lowest BCUT2D eigenvalue weighted by Gasteiger charge is -2.05. The Balaban J connectivity index is 3.41. The highest BCUT2D eigenvalue weighted by atomic mass is 16.1. The fourth-order valence-electron chi connectivity index (χ4n) is 0.759. The summed E-state index contributed by atoms with van der Waals surface area (Å²) in [7, 11) is 0. The van der Waals surface area contributed by atoms with Crippen LogP contribution in [-0.4, -0.2) is 24.8 Å². The minimum atomic E-state index is -0.415. The molecule has 4 nitrogen and oxygen atoms in total. The van der Waals surface area contributed by atoms with Gasteiger partial charge in [0.05, 0.1) is 6.04 Å². The Morgan fingerprint density at radius 2 is 2.31 bits per heavy atom. The Labute approximate surface area is 78.2 Å². The predicted molar refractivity (Wildman–Crippen MR) is 51.1 cm³/mol. The monoisotopic (exact) mass is 184 g/mol. The van der Waals surface area contributed by atoms with Gasteiger partial charge in [0.15, 0.2) is 0 Å². The van der Waals surface area contributed by atoms with Crippen LogP contribution in [0.4, 0.5) is 0 Å². The number of rotatable bonds is 6. The van der Waals surface area contributed by atoms with Crippen LogP contribution in [0.1, 0.15) is 19.8 Å². The largest absolute Gasteiger partial charge is 0.352 e. The number of aldehydes is 1. The molecule has 0 fully saturated rings. The summed E-state index contributed by atoms with van der Waals surface area (Å²) in [5, 5.41) is 2.65. The minimum Gasteiger partial charge on any atom is -0.352 e. The molecule has 0 aromatic heterocycles. The first-order valence-corrected chi connectivity index (χ1v) is 4.22. The molecule has 0 spiro atoms. The lowest BCUT2D eigenvalue weighted by Crippen LogP contribution is -2.27. The topological polar surface area (TPSA) is 72.2 Å². The van der Waals surface area contributed by atoms with Crippen molar-refractivity contribution in [1.29, 1.82) is 0 Å². The first-order chi connectivity index (χ1) is 6.07. The maximum Gasteiger partial charge on any atom is 0.246 e. The van der Waals surface area contributed by atoms with E-state index in [2.05, 4.69) is 11.9 Å². The lowest BCUT2D eigenvalue weighted by atomic mass is 10.2. The summed E-state index contributed by atoms with van der Waals surface area (Å²) in [6.07, 6.45) is 2.01. The van der Waals surface area contributed by atoms with Crippen LogP contribution in [0.15, 0.2) is 12.2 Å². The number of hydrogen-bond donors (Lipinski definition) is 2. The standard InChI is InChI=1S/C9H16N2O2/c1-7(2)9(13)11-5-3-4-8(10)6-12/h6,8H,1,3-5,10H2,2H3,(H,11,13). The Morgan fingerprint density at radius 3 is 2.77 bits per heavy atom. The number of hydrogen-bond acceptors (Lipinski definition) is 3. The van der Waals surface area contributed by atoms with Crippen LogP contribution in [0.2, 0.25) is 0 Å². The third-order valence-corrected chi connectivity index (χ3v) is 1.56. The highest BCUT2D eigenvalue weighted by Crippen LogP contribution is 1.91. The number of amides is 1. The molecule has 74 valence electrons. The van der Waals surface area contributed by atoms with Crippen molar-refractivity contribution in [2.24, 2.45) is 5.73 Å². The smallest absolute Gasteiger partial charge is 0.246 e. The van der Waals surface area contributed by atoms with Crippen molar-refractivity contribution in [3.8, 4) is 0 Å². The molecule has 0 radical (unpaired) electrons. The zero-order valence-electron chi connectivity index (χ0n) is 7.88. The highest BCUT2D eigenvalue weighted by Gasteiger charge is 2.01. The Hall–Kier alpha value is -1.16. The van der Waals surface area contributed by atoms with Crippen molar-refractivity contribution in [3.63, 3.8) is 0 Å². The second kappa shape index (κ2) is 6.37. The van der Waals surface area contributed by atoms with Crippen LogP contribution < -0.4 is 11.1 Å². The van der Waals surface area contributed by atoms with Gasteiger partial charge in [-0.15, -0.1) is 0 Å². The molecular formula is C9H16N2O2. The SMILES string of the molecule is C=C(C)C(=O)NCCCC(N)C=O. The van der Waals surface area contributed by atoms with Gasteiger partial charge in [-0.3, -0.25) is 4.79 Å². The van der Waals surface area contributed by atoms with E-state index in [0.717, 1.165) is 0 Å². The zero-order chi connectivity index (χ0) is 10.3. The summed E-state index contributed by atoms with van der Waals surface area (Å²) >= 11 is 0. The highest BCUT2D eigenvalue weighted by molar-refractivity contribution is 5.91. The molecule has 0 bridgehead atoms. The van der Waals surface area contributed by atoms with Crippen LogP contribution in [0.5, 0.6) is 0 Å². The Bertz CT molecular complexity index is 202. The second-order valence-corrected chi connectivity index (χ2v) is 2.98. The Kier molecular flexibility index (Phi) is 5.80. The molecule has 0 aliphatic heterocycles. The van der Waals surface area contributed by atoms with Crippen LogP contribution in [0.25, 0.3) is 0 Å². The van der Waals surface area contributed by atoms with E-state index in [4.69, 9.17) is 5.73 Å². The van der Waals surface area contributed by atoms with Crippen molar-refractivity contribution in [2.75, 3.05) is 6.54 Å². The molecule has 0 aliphatic carbocycles. The molecule has 0 rings (SSSR count). The van der Waals surface area contributed by atoms with Crippen LogP contribution in [0, 0.1) is 0 Å². The number of carbonyl (C=O) groups is 2. The third-order valence-electron chi connectivity index (χ3n) is 1.56. The van der Waals surface area contributed by atoms with Crippen molar-refractivity contribution in [1.82, 2.24) is 5.32 Å². The van der Waals surface area contributed by atoms with Crippen molar-refractivity contribution in [3.05, 3.63) is 12.2 Å². The molecule has 13 heavy (non-hydrogen) atoms. The van der Waals surface area contributed by atoms with Gasteiger partial charge in [-0.25, -0.2) is 0 Å². The Morgan fingerprint density at radius 1 is 1.69 bits per heavy atom. The fraction of sp³-hybridized carbons (Fsp3) is 0.556. The van der Waals surface area contributed by atoms with E-state index >= 15 is 0 Å². The summed E-state index contributed by atoms with van der Waals surface area (Å²) in [6.45, 7) is 5.67. The molecule has 0 saturated heterocycles. The maximum absolute atomic E-state index is 10.9. The van der Waals surface area contributed by atoms with Gasteiger partial charge in [-0.05, 0) is 19.8 Å². The summed E-state index contributed by atoms with van der Waals surface area (Å²) in [6, 6.07) is -0.415. The summed E-state index contributed by atoms with van der Waals surface area (Å²) < 4.78 is 0. The second-order valence-electron chi connectivity index (χ2n) is 2.98. The normalized spacial score (nSPS) is 11.8. The van der Waals surface area contributed by atoms with E-state index in [1.165, 1.54) is 0 Å². The molecule has 3 N–H and O–H groups in total. The fourth-order valence-corrected chi connectivity index (χ4v) is 0.759. The van der Waals surface area contributed by atoms with Gasteiger partial charge in [0.2, 0.25) is 5.91 Å². The van der Waals surface area contributed by atoms with Crippen LogP contribution in [-0.2, 0) is 9.59 Å². The average molecular weight is 184 g/mol. The van der Waals surface area contributed by atoms with Crippen molar-refractivity contribution < 1.29 is 9.59 Å². The van der Waals surface area contributed by atoms with E-state index in [9.17, 15) is 9.59 Å². The molecule has 0 saturated carbocycles. The van der Waals surface area contributed by atoms with E-state index in [0.29, 0.717) is 31.2 Å². The summed E-state index contributed by atoms with van der Waals surface area (Å²) in [5.74, 6) is -0.153. The molecule has 0 heterocycles. The van der Waals surface area contributed by atoms with Gasteiger partial charge in [0.25, 0.3) is 0 Å². The molecule has 1 unspecified atom stereocenters. The van der Waals surface area contributed by atoms with Crippen LogP contribution >= 0.6 is 0 Å². The molecule has 1 atom stereocenters. The number of nitrogens with two attached hydrogens (primary N) is 1. The van der Waals surface area contributed by atoms with E-state index < -0.39 is 6.04 Å². The summed E-state index contributed by atoms with van der Waals surface area (Å²) in [4.78, 5) is 21.1. The molecular weight excluding hydrogens is 168 g/mol. The first kappa shape index (κ1) is 11.8. The lowest BCUT2D eigenvalue weighted by molar-refractivity contribution is -0.117. The maximum atomic E-state index is 10.9. The van der Waals surface area contributed by atoms with Gasteiger partial charge in [0, 0.05) is 12.1 Å². The minimum absolute atomic E-state index is 0.153. The quantitative estimate of drug-likeness (QED) is 0.346. The molecule has 0 aromatic carbocycles. The first-order valence-electron chi connectivity index (χ1n) is 4.22. The average Bonchev–Trinajstić information content (AvgIpc) is 2.11. The molecule has 0 aliphatic rings. The van der Waals surface area contributed by atoms with Gasteiger partial charge in [0.1, 0.15) is 6.29 Å². The predicted octanol–water partition coefficient (Wildman–Crippen LogP) is -0.0149. The number of nitrogens with one attached hydrogen (secondary N) is 1. The van der Waals surface area contributed by atoms with Crippen LogP contribution in [0.3, 0.4) is 0 Å². The van der Waals surface area contributed by atoms with E-state index in [1.54, 1.807) is 6.92 Å².